The van der Waals surface area contributed by atoms with Gasteiger partial charge in [-0.05, 0) is 24.3 Å². The summed E-state index contributed by atoms with van der Waals surface area (Å²) in [6.07, 6.45) is 0. The summed E-state index contributed by atoms with van der Waals surface area (Å²) in [6, 6.07) is 14.9. The zero-order valence-corrected chi connectivity index (χ0v) is 13.1. The Morgan fingerprint density at radius 2 is 1.81 bits per heavy atom. The van der Waals surface area contributed by atoms with Crippen LogP contribution in [-0.4, -0.2) is 4.98 Å². The van der Waals surface area contributed by atoms with Crippen LogP contribution in [0.4, 0.5) is 0 Å². The number of hydrogen-bond donors (Lipinski definition) is 0. The molecule has 0 saturated carbocycles. The number of aromatic nitrogens is 1. The molecule has 3 aromatic rings. The smallest absolute Gasteiger partial charge is 0.224 e. The first-order valence-electron chi connectivity index (χ1n) is 6.25. The lowest BCUT2D eigenvalue weighted by Gasteiger charge is -2.11. The Hall–Kier alpha value is -1.48. The van der Waals surface area contributed by atoms with Crippen LogP contribution in [0.1, 0.15) is 5.56 Å². The Kier molecular flexibility index (Phi) is 4.20. The number of hydrogen-bond acceptors (Lipinski definition) is 2. The highest BCUT2D eigenvalue weighted by atomic mass is 35.5. The largest absolute Gasteiger partial charge is 0.437 e. The Bertz CT molecular complexity index is 805. The zero-order valence-electron chi connectivity index (χ0n) is 10.8. The number of pyridine rings is 1. The third-order valence-electron chi connectivity index (χ3n) is 3.03. The van der Waals surface area contributed by atoms with E-state index in [0.717, 1.165) is 16.5 Å². The second-order valence-corrected chi connectivity index (χ2v) is 5.49. The molecule has 0 radical (unpaired) electrons. The van der Waals surface area contributed by atoms with E-state index in [0.29, 0.717) is 27.6 Å². The molecule has 106 valence electrons. The maximum Gasteiger partial charge on any atom is 0.224 e. The van der Waals surface area contributed by atoms with Crippen molar-refractivity contribution in [1.82, 2.24) is 4.98 Å². The van der Waals surface area contributed by atoms with Crippen molar-refractivity contribution >= 4 is 45.7 Å². The summed E-state index contributed by atoms with van der Waals surface area (Å²) in [4.78, 5) is 4.50. The lowest BCUT2D eigenvalue weighted by Crippen LogP contribution is -1.95. The molecule has 0 aliphatic carbocycles. The third-order valence-corrected chi connectivity index (χ3v) is 4.12. The molecule has 0 aliphatic heterocycles. The number of nitrogens with zero attached hydrogens (tertiary/aromatic N) is 1. The number of para-hydroxylation sites is 1. The third kappa shape index (κ3) is 2.93. The number of alkyl halides is 1. The zero-order chi connectivity index (χ0) is 14.8. The highest BCUT2D eigenvalue weighted by molar-refractivity contribution is 6.42. The van der Waals surface area contributed by atoms with E-state index < -0.39 is 0 Å². The van der Waals surface area contributed by atoms with E-state index in [1.807, 2.05) is 30.3 Å². The maximum absolute atomic E-state index is 6.14. The molecular formula is C16H10Cl3NO. The van der Waals surface area contributed by atoms with E-state index in [-0.39, 0.29) is 0 Å². The van der Waals surface area contributed by atoms with E-state index in [4.69, 9.17) is 39.5 Å². The molecule has 0 fully saturated rings. The Morgan fingerprint density at radius 1 is 1.00 bits per heavy atom. The van der Waals surface area contributed by atoms with Gasteiger partial charge in [0.05, 0.1) is 16.4 Å². The highest BCUT2D eigenvalue weighted by Gasteiger charge is 2.12. The van der Waals surface area contributed by atoms with Crippen molar-refractivity contribution < 1.29 is 4.74 Å². The lowest BCUT2D eigenvalue weighted by molar-refractivity contribution is 0.461. The second-order valence-electron chi connectivity index (χ2n) is 4.43. The molecule has 0 aliphatic rings. The van der Waals surface area contributed by atoms with Gasteiger partial charge in [-0.2, -0.15) is 0 Å². The lowest BCUT2D eigenvalue weighted by atomic mass is 10.2. The fourth-order valence-corrected chi connectivity index (χ4v) is 2.52. The maximum atomic E-state index is 6.14. The molecule has 0 amide bonds. The van der Waals surface area contributed by atoms with Crippen LogP contribution in [0.5, 0.6) is 11.6 Å². The quantitative estimate of drug-likeness (QED) is 0.540. The summed E-state index contributed by atoms with van der Waals surface area (Å²) in [5.74, 6) is 1.19. The first-order chi connectivity index (χ1) is 10.2. The molecule has 0 unspecified atom stereocenters. The second kappa shape index (κ2) is 6.10. The first kappa shape index (κ1) is 14.5. The Morgan fingerprint density at radius 3 is 2.62 bits per heavy atom. The van der Waals surface area contributed by atoms with Crippen molar-refractivity contribution in [2.75, 3.05) is 0 Å². The van der Waals surface area contributed by atoms with Crippen molar-refractivity contribution in [3.63, 3.8) is 0 Å². The van der Waals surface area contributed by atoms with Crippen LogP contribution in [0.25, 0.3) is 10.9 Å². The summed E-state index contributed by atoms with van der Waals surface area (Å²) in [7, 11) is 0. The average molecular weight is 339 g/mol. The van der Waals surface area contributed by atoms with Crippen LogP contribution in [0.15, 0.2) is 48.5 Å². The van der Waals surface area contributed by atoms with Gasteiger partial charge >= 0.3 is 0 Å². The van der Waals surface area contributed by atoms with E-state index in [1.165, 1.54) is 0 Å². The van der Waals surface area contributed by atoms with Crippen LogP contribution in [0.2, 0.25) is 10.0 Å². The summed E-state index contributed by atoms with van der Waals surface area (Å²) in [5.41, 5.74) is 1.63. The van der Waals surface area contributed by atoms with Gasteiger partial charge in [-0.1, -0.05) is 47.5 Å². The predicted octanol–water partition coefficient (Wildman–Crippen LogP) is 6.07. The van der Waals surface area contributed by atoms with Gasteiger partial charge in [-0.3, -0.25) is 0 Å². The molecule has 2 aromatic carbocycles. The van der Waals surface area contributed by atoms with Gasteiger partial charge in [0.2, 0.25) is 5.88 Å². The van der Waals surface area contributed by atoms with Gasteiger partial charge in [0.1, 0.15) is 10.8 Å². The minimum absolute atomic E-state index is 0.297. The standard InChI is InChI=1S/C16H10Cl3NO/c17-9-11-8-10-4-1-2-6-13(10)20-16(11)21-14-7-3-5-12(18)15(14)19/h1-8H,9H2. The van der Waals surface area contributed by atoms with Crippen molar-refractivity contribution in [2.45, 2.75) is 5.88 Å². The summed E-state index contributed by atoms with van der Waals surface area (Å²) < 4.78 is 5.81. The van der Waals surface area contributed by atoms with E-state index in [9.17, 15) is 0 Å². The van der Waals surface area contributed by atoms with Gasteiger partial charge in [0, 0.05) is 10.9 Å². The van der Waals surface area contributed by atoms with Gasteiger partial charge in [0.25, 0.3) is 0 Å². The highest BCUT2D eigenvalue weighted by Crippen LogP contribution is 2.36. The SMILES string of the molecule is ClCc1cc2ccccc2nc1Oc1cccc(Cl)c1Cl. The number of fused-ring (bicyclic) bond motifs is 1. The van der Waals surface area contributed by atoms with Crippen molar-refractivity contribution in [1.29, 1.82) is 0 Å². The molecule has 3 rings (SSSR count). The number of rotatable bonds is 3. The summed E-state index contributed by atoms with van der Waals surface area (Å²) >= 11 is 18.1. The fourth-order valence-electron chi connectivity index (χ4n) is 1.99. The predicted molar refractivity (Wildman–Crippen MR) is 87.8 cm³/mol. The molecule has 5 heteroatoms. The van der Waals surface area contributed by atoms with E-state index in [1.54, 1.807) is 18.2 Å². The molecule has 0 spiro atoms. The van der Waals surface area contributed by atoms with E-state index >= 15 is 0 Å². The number of ether oxygens (including phenoxy) is 1. The first-order valence-corrected chi connectivity index (χ1v) is 7.54. The number of benzene rings is 2. The van der Waals surface area contributed by atoms with Gasteiger partial charge in [0.15, 0.2) is 0 Å². The molecule has 2 nitrogen and oxygen atoms in total. The van der Waals surface area contributed by atoms with E-state index in [2.05, 4.69) is 4.98 Å². The van der Waals surface area contributed by atoms with Crippen LogP contribution in [0.3, 0.4) is 0 Å². The van der Waals surface area contributed by atoms with Crippen molar-refractivity contribution in [3.05, 3.63) is 64.1 Å². The molecule has 0 saturated heterocycles. The molecule has 1 aromatic heterocycles. The molecule has 1 heterocycles. The fraction of sp³-hybridized carbons (Fsp3) is 0.0625. The Balaban J connectivity index is 2.09. The summed E-state index contributed by atoms with van der Waals surface area (Å²) in [5, 5.41) is 1.80. The molecule has 0 atom stereocenters. The van der Waals surface area contributed by atoms with Crippen molar-refractivity contribution in [3.8, 4) is 11.6 Å². The summed E-state index contributed by atoms with van der Waals surface area (Å²) in [6.45, 7) is 0. The van der Waals surface area contributed by atoms with Gasteiger partial charge in [-0.15, -0.1) is 11.6 Å². The van der Waals surface area contributed by atoms with Crippen LogP contribution in [0, 0.1) is 0 Å². The normalized spacial score (nSPS) is 10.8. The molecular weight excluding hydrogens is 329 g/mol. The minimum Gasteiger partial charge on any atom is -0.437 e. The average Bonchev–Trinajstić information content (AvgIpc) is 2.51. The monoisotopic (exact) mass is 337 g/mol. The Labute approximate surface area is 137 Å². The molecule has 21 heavy (non-hydrogen) atoms. The van der Waals surface area contributed by atoms with Gasteiger partial charge in [-0.25, -0.2) is 4.98 Å². The minimum atomic E-state index is 0.297. The molecule has 0 bridgehead atoms. The van der Waals surface area contributed by atoms with Crippen LogP contribution >= 0.6 is 34.8 Å². The topological polar surface area (TPSA) is 22.1 Å². The van der Waals surface area contributed by atoms with Crippen LogP contribution in [-0.2, 0) is 5.88 Å². The van der Waals surface area contributed by atoms with Gasteiger partial charge < -0.3 is 4.74 Å². The number of halogens is 3. The molecule has 0 N–H and O–H groups in total. The van der Waals surface area contributed by atoms with Crippen LogP contribution < -0.4 is 4.74 Å². The van der Waals surface area contributed by atoms with Crippen molar-refractivity contribution in [2.24, 2.45) is 0 Å².